The zero-order valence-corrected chi connectivity index (χ0v) is 12.0. The lowest BCUT2D eigenvalue weighted by Crippen LogP contribution is -2.57. The number of amides is 1. The van der Waals surface area contributed by atoms with Crippen LogP contribution in [0.15, 0.2) is 45.9 Å². The molecule has 0 fully saturated rings. The van der Waals surface area contributed by atoms with Gasteiger partial charge in [0.1, 0.15) is 6.17 Å². The second kappa shape index (κ2) is 5.66. The van der Waals surface area contributed by atoms with Gasteiger partial charge in [-0.05, 0) is 22.0 Å². The smallest absolute Gasteiger partial charge is 0.255 e. The maximum Gasteiger partial charge on any atom is 0.255 e. The van der Waals surface area contributed by atoms with Crippen molar-refractivity contribution in [2.45, 2.75) is 6.17 Å². The molecule has 7 heteroatoms. The summed E-state index contributed by atoms with van der Waals surface area (Å²) in [6.07, 6.45) is 1.84. The Bertz CT molecular complexity index is 600. The predicted molar refractivity (Wildman–Crippen MR) is 79.0 cm³/mol. The third-order valence-corrected chi connectivity index (χ3v) is 3.54. The molecule has 0 bridgehead atoms. The molecule has 0 saturated heterocycles. The van der Waals surface area contributed by atoms with E-state index in [1.165, 1.54) is 12.3 Å². The molecule has 5 N–H and O–H groups in total. The number of halogens is 1. The van der Waals surface area contributed by atoms with E-state index in [1.54, 1.807) is 30.3 Å². The molecule has 1 aromatic rings. The van der Waals surface area contributed by atoms with E-state index in [2.05, 4.69) is 20.9 Å². The third-order valence-electron chi connectivity index (χ3n) is 3.11. The van der Waals surface area contributed by atoms with Crippen LogP contribution in [0.4, 0.5) is 0 Å². The fourth-order valence-corrected chi connectivity index (χ4v) is 2.54. The molecule has 1 amide bonds. The second-order valence-electron chi connectivity index (χ2n) is 4.29. The molecular formula is C13H13BrN4O2. The highest BCUT2D eigenvalue weighted by atomic mass is 79.9. The Morgan fingerprint density at radius 2 is 1.95 bits per heavy atom. The highest BCUT2D eigenvalue weighted by Crippen LogP contribution is 2.34. The van der Waals surface area contributed by atoms with Gasteiger partial charge in [0.05, 0.1) is 0 Å². The number of carbonyl (C=O) groups is 2. The molecular weight excluding hydrogens is 324 g/mol. The number of benzene rings is 1. The van der Waals surface area contributed by atoms with Crippen molar-refractivity contribution in [2.24, 2.45) is 22.0 Å². The first kappa shape index (κ1) is 14.6. The van der Waals surface area contributed by atoms with Crippen molar-refractivity contribution >= 4 is 33.8 Å². The molecule has 0 saturated carbocycles. The summed E-state index contributed by atoms with van der Waals surface area (Å²) < 4.78 is 0.493. The van der Waals surface area contributed by atoms with Crippen LogP contribution < -0.4 is 17.0 Å². The number of rotatable bonds is 3. The van der Waals surface area contributed by atoms with Crippen LogP contribution >= 0.6 is 15.9 Å². The molecule has 0 spiro atoms. The number of Topliss-reactive ketones (excluding diaryl/α,β-unsaturated/α-hetero) is 1. The average molecular weight is 337 g/mol. The van der Waals surface area contributed by atoms with Gasteiger partial charge in [-0.25, -0.2) is 5.84 Å². The first-order valence-electron chi connectivity index (χ1n) is 5.80. The number of nitrogens with one attached hydrogen (secondary N) is 1. The van der Waals surface area contributed by atoms with Crippen molar-refractivity contribution in [1.29, 1.82) is 0 Å². The van der Waals surface area contributed by atoms with Crippen molar-refractivity contribution in [1.82, 2.24) is 5.43 Å². The number of aliphatic imine (C=N–C) groups is 1. The summed E-state index contributed by atoms with van der Waals surface area (Å²) >= 11 is 3.21. The van der Waals surface area contributed by atoms with Gasteiger partial charge in [0.15, 0.2) is 11.2 Å². The molecule has 104 valence electrons. The summed E-state index contributed by atoms with van der Waals surface area (Å²) in [6, 6.07) is 8.41. The van der Waals surface area contributed by atoms with Gasteiger partial charge in [0.2, 0.25) is 0 Å². The quantitative estimate of drug-likeness (QED) is 0.245. The summed E-state index contributed by atoms with van der Waals surface area (Å²) in [6.45, 7) is 0. The largest absolute Gasteiger partial charge is 0.308 e. The van der Waals surface area contributed by atoms with E-state index in [0.717, 1.165) is 0 Å². The SMILES string of the molecule is NNC(=O)C1(C(=O)c2ccccc2)C=C(Br)C=NC1N. The van der Waals surface area contributed by atoms with Crippen LogP contribution in [0.2, 0.25) is 0 Å². The van der Waals surface area contributed by atoms with Gasteiger partial charge in [-0.1, -0.05) is 30.3 Å². The first-order chi connectivity index (χ1) is 9.52. The Morgan fingerprint density at radius 1 is 1.30 bits per heavy atom. The van der Waals surface area contributed by atoms with E-state index in [1.807, 2.05) is 5.43 Å². The normalized spacial score (nSPS) is 24.9. The molecule has 0 aromatic heterocycles. The Morgan fingerprint density at radius 3 is 2.55 bits per heavy atom. The van der Waals surface area contributed by atoms with Crippen molar-refractivity contribution in [2.75, 3.05) is 0 Å². The lowest BCUT2D eigenvalue weighted by atomic mass is 9.75. The van der Waals surface area contributed by atoms with E-state index in [9.17, 15) is 9.59 Å². The van der Waals surface area contributed by atoms with Crippen LogP contribution in [0.25, 0.3) is 0 Å². The Hall–Kier alpha value is -1.83. The summed E-state index contributed by atoms with van der Waals surface area (Å²) in [5.74, 6) is 4.05. The lowest BCUT2D eigenvalue weighted by Gasteiger charge is -2.32. The van der Waals surface area contributed by atoms with Crippen molar-refractivity contribution in [3.05, 3.63) is 46.5 Å². The summed E-state index contributed by atoms with van der Waals surface area (Å²) in [5, 5.41) is 0. The number of hydrazine groups is 1. The lowest BCUT2D eigenvalue weighted by molar-refractivity contribution is -0.127. The summed E-state index contributed by atoms with van der Waals surface area (Å²) in [5.41, 5.74) is 6.59. The summed E-state index contributed by atoms with van der Waals surface area (Å²) in [7, 11) is 0. The average Bonchev–Trinajstić information content (AvgIpc) is 2.49. The van der Waals surface area contributed by atoms with E-state index in [4.69, 9.17) is 11.6 Å². The molecule has 2 rings (SSSR count). The second-order valence-corrected chi connectivity index (χ2v) is 5.21. The van der Waals surface area contributed by atoms with Crippen LogP contribution in [0.5, 0.6) is 0 Å². The zero-order valence-electron chi connectivity index (χ0n) is 10.4. The zero-order chi connectivity index (χ0) is 14.8. The van der Waals surface area contributed by atoms with Crippen LogP contribution in [0.3, 0.4) is 0 Å². The molecule has 20 heavy (non-hydrogen) atoms. The Kier molecular flexibility index (Phi) is 4.12. The maximum absolute atomic E-state index is 12.7. The fraction of sp³-hybridized carbons (Fsp3) is 0.154. The van der Waals surface area contributed by atoms with Crippen molar-refractivity contribution in [3.8, 4) is 0 Å². The van der Waals surface area contributed by atoms with E-state index in [0.29, 0.717) is 10.0 Å². The topological polar surface area (TPSA) is 111 Å². The minimum atomic E-state index is -1.66. The first-order valence-corrected chi connectivity index (χ1v) is 6.59. The number of allylic oxidation sites excluding steroid dienone is 1. The maximum atomic E-state index is 12.7. The minimum absolute atomic E-state index is 0.361. The highest BCUT2D eigenvalue weighted by Gasteiger charge is 2.50. The van der Waals surface area contributed by atoms with E-state index >= 15 is 0 Å². The van der Waals surface area contributed by atoms with Crippen molar-refractivity contribution in [3.63, 3.8) is 0 Å². The molecule has 1 aromatic carbocycles. The van der Waals surface area contributed by atoms with Crippen LogP contribution in [-0.2, 0) is 4.79 Å². The standard InChI is InChI=1S/C13H13BrN4O2/c14-9-6-13(12(20)18-16,11(15)17-7-9)10(19)8-4-2-1-3-5-8/h1-7,11H,15-16H2,(H,18,20). The van der Waals surface area contributed by atoms with Gasteiger partial charge in [-0.2, -0.15) is 0 Å². The number of hydrogen-bond acceptors (Lipinski definition) is 5. The predicted octanol–water partition coefficient (Wildman–Crippen LogP) is 0.494. The fourth-order valence-electron chi connectivity index (χ4n) is 2.06. The Balaban J connectivity index is 2.57. The molecule has 0 radical (unpaired) electrons. The van der Waals surface area contributed by atoms with Gasteiger partial charge in [0.25, 0.3) is 5.91 Å². The number of hydrogen-bond donors (Lipinski definition) is 3. The molecule has 2 unspecified atom stereocenters. The van der Waals surface area contributed by atoms with Crippen LogP contribution in [-0.4, -0.2) is 24.1 Å². The number of nitrogens with two attached hydrogens (primary N) is 2. The van der Waals surface area contributed by atoms with Crippen LogP contribution in [0, 0.1) is 5.41 Å². The third kappa shape index (κ3) is 2.31. The highest BCUT2D eigenvalue weighted by molar-refractivity contribution is 9.12. The molecule has 1 aliphatic rings. The molecule has 0 aliphatic carbocycles. The van der Waals surface area contributed by atoms with Gasteiger partial charge in [-0.15, -0.1) is 0 Å². The van der Waals surface area contributed by atoms with Crippen molar-refractivity contribution < 1.29 is 9.59 Å². The Labute approximate surface area is 124 Å². The van der Waals surface area contributed by atoms with Gasteiger partial charge >= 0.3 is 0 Å². The molecule has 6 nitrogen and oxygen atoms in total. The monoisotopic (exact) mass is 336 g/mol. The van der Waals surface area contributed by atoms with Gasteiger partial charge in [-0.3, -0.25) is 20.0 Å². The van der Waals surface area contributed by atoms with E-state index in [-0.39, 0.29) is 0 Å². The number of carbonyl (C=O) groups excluding carboxylic acids is 2. The molecule has 1 aliphatic heterocycles. The summed E-state index contributed by atoms with van der Waals surface area (Å²) in [4.78, 5) is 28.9. The molecule has 2 atom stereocenters. The number of nitrogens with zero attached hydrogens (tertiary/aromatic N) is 1. The van der Waals surface area contributed by atoms with Crippen LogP contribution in [0.1, 0.15) is 10.4 Å². The van der Waals surface area contributed by atoms with Gasteiger partial charge in [0, 0.05) is 16.3 Å². The molecule has 1 heterocycles. The minimum Gasteiger partial charge on any atom is -0.308 e. The number of dihydropyridines is 1. The number of ketones is 1. The van der Waals surface area contributed by atoms with E-state index < -0.39 is 23.3 Å². The van der Waals surface area contributed by atoms with Gasteiger partial charge < -0.3 is 5.73 Å².